The number of hydrogen-bond donors (Lipinski definition) is 1. The number of amides is 2. The first kappa shape index (κ1) is 23.7. The highest BCUT2D eigenvalue weighted by molar-refractivity contribution is 9.10. The Bertz CT molecular complexity index is 967. The highest BCUT2D eigenvalue weighted by Gasteiger charge is 2.28. The third kappa shape index (κ3) is 6.30. The number of rotatable bonds is 9. The van der Waals surface area contributed by atoms with Gasteiger partial charge >= 0.3 is 0 Å². The maximum atomic E-state index is 13.7. The van der Waals surface area contributed by atoms with Gasteiger partial charge in [-0.2, -0.15) is 0 Å². The Morgan fingerprint density at radius 1 is 0.875 bits per heavy atom. The summed E-state index contributed by atoms with van der Waals surface area (Å²) in [5.74, 6) is -0.280. The van der Waals surface area contributed by atoms with Crippen LogP contribution in [-0.2, 0) is 16.1 Å². The third-order valence-electron chi connectivity index (χ3n) is 5.57. The van der Waals surface area contributed by atoms with Gasteiger partial charge in [0.2, 0.25) is 11.8 Å². The van der Waals surface area contributed by atoms with Crippen LogP contribution in [-0.4, -0.2) is 29.3 Å². The zero-order valence-electron chi connectivity index (χ0n) is 18.5. The molecule has 1 atom stereocenters. The van der Waals surface area contributed by atoms with Crippen LogP contribution in [0.2, 0.25) is 0 Å². The van der Waals surface area contributed by atoms with Crippen molar-refractivity contribution in [1.29, 1.82) is 0 Å². The normalized spacial score (nSPS) is 11.8. The van der Waals surface area contributed by atoms with E-state index < -0.39 is 6.04 Å². The van der Waals surface area contributed by atoms with Crippen molar-refractivity contribution in [3.05, 3.63) is 106 Å². The van der Waals surface area contributed by atoms with Crippen molar-refractivity contribution < 1.29 is 9.59 Å². The molecule has 0 aliphatic heterocycles. The lowest BCUT2D eigenvalue weighted by atomic mass is 9.88. The van der Waals surface area contributed by atoms with Gasteiger partial charge < -0.3 is 10.2 Å². The molecule has 3 rings (SSSR count). The number of carbonyl (C=O) groups excluding carboxylic acids is 2. The number of halogens is 1. The van der Waals surface area contributed by atoms with Crippen LogP contribution in [0.3, 0.4) is 0 Å². The van der Waals surface area contributed by atoms with Crippen LogP contribution in [0.5, 0.6) is 0 Å². The van der Waals surface area contributed by atoms with Gasteiger partial charge in [0, 0.05) is 29.9 Å². The first-order chi connectivity index (χ1) is 15.5. The van der Waals surface area contributed by atoms with Gasteiger partial charge in [-0.3, -0.25) is 9.59 Å². The molecule has 0 spiro atoms. The average molecular weight is 493 g/mol. The second kappa shape index (κ2) is 11.6. The number of likely N-dealkylation sites (N-methyl/N-ethyl adjacent to an activating group) is 1. The average Bonchev–Trinajstić information content (AvgIpc) is 2.83. The minimum atomic E-state index is -0.571. The Balaban J connectivity index is 1.90. The fraction of sp³-hybridized carbons (Fsp3) is 0.259. The molecule has 0 saturated carbocycles. The molecule has 2 amide bonds. The monoisotopic (exact) mass is 492 g/mol. The van der Waals surface area contributed by atoms with Crippen molar-refractivity contribution in [1.82, 2.24) is 10.2 Å². The highest BCUT2D eigenvalue weighted by atomic mass is 79.9. The number of nitrogens with zero attached hydrogens (tertiary/aromatic N) is 1. The molecule has 0 saturated heterocycles. The summed E-state index contributed by atoms with van der Waals surface area (Å²) >= 11 is 3.45. The van der Waals surface area contributed by atoms with Crippen molar-refractivity contribution in [2.75, 3.05) is 6.54 Å². The standard InChI is InChI=1S/C27H29BrN2O2/c1-3-29-27(32)20(2)30(19-21-14-16-24(28)17-15-21)26(31)18-25(22-10-6-4-7-11-22)23-12-8-5-9-13-23/h4-17,20,25H,3,18-19H2,1-2H3,(H,29,32). The lowest BCUT2D eigenvalue weighted by molar-refractivity contribution is -0.140. The molecule has 0 aromatic heterocycles. The van der Waals surface area contributed by atoms with E-state index in [2.05, 4.69) is 45.5 Å². The maximum Gasteiger partial charge on any atom is 0.242 e. The Kier molecular flexibility index (Phi) is 8.63. The summed E-state index contributed by atoms with van der Waals surface area (Å²) in [6, 6.07) is 27.4. The van der Waals surface area contributed by atoms with Gasteiger partial charge in [-0.05, 0) is 42.7 Å². The van der Waals surface area contributed by atoms with Gasteiger partial charge in [0.15, 0.2) is 0 Å². The first-order valence-corrected chi connectivity index (χ1v) is 11.7. The van der Waals surface area contributed by atoms with Crippen LogP contribution in [0.4, 0.5) is 0 Å². The molecule has 0 heterocycles. The molecule has 32 heavy (non-hydrogen) atoms. The summed E-state index contributed by atoms with van der Waals surface area (Å²) in [7, 11) is 0. The lowest BCUT2D eigenvalue weighted by Gasteiger charge is -2.30. The Labute approximate surface area is 198 Å². The summed E-state index contributed by atoms with van der Waals surface area (Å²) in [4.78, 5) is 28.0. The van der Waals surface area contributed by atoms with E-state index in [1.54, 1.807) is 11.8 Å². The molecule has 4 nitrogen and oxygen atoms in total. The van der Waals surface area contributed by atoms with Crippen LogP contribution in [0, 0.1) is 0 Å². The predicted octanol–water partition coefficient (Wildman–Crippen LogP) is 5.52. The molecule has 0 bridgehead atoms. The smallest absolute Gasteiger partial charge is 0.242 e. The second-order valence-electron chi connectivity index (χ2n) is 7.80. The van der Waals surface area contributed by atoms with Crippen LogP contribution in [0.1, 0.15) is 42.9 Å². The minimum absolute atomic E-state index is 0.0515. The predicted molar refractivity (Wildman–Crippen MR) is 132 cm³/mol. The molecule has 166 valence electrons. The number of carbonyl (C=O) groups is 2. The van der Waals surface area contributed by atoms with Gasteiger partial charge in [-0.15, -0.1) is 0 Å². The van der Waals surface area contributed by atoms with E-state index in [4.69, 9.17) is 0 Å². The molecular weight excluding hydrogens is 464 g/mol. The molecule has 0 radical (unpaired) electrons. The largest absolute Gasteiger partial charge is 0.355 e. The van der Waals surface area contributed by atoms with E-state index in [0.29, 0.717) is 13.1 Å². The summed E-state index contributed by atoms with van der Waals surface area (Å²) in [5.41, 5.74) is 3.15. The van der Waals surface area contributed by atoms with Gasteiger partial charge in [-0.25, -0.2) is 0 Å². The minimum Gasteiger partial charge on any atom is -0.355 e. The molecule has 1 unspecified atom stereocenters. The Morgan fingerprint density at radius 2 is 1.41 bits per heavy atom. The molecule has 3 aromatic carbocycles. The topological polar surface area (TPSA) is 49.4 Å². The van der Waals surface area contributed by atoms with Crippen molar-refractivity contribution in [3.8, 4) is 0 Å². The summed E-state index contributed by atoms with van der Waals surface area (Å²) in [6.45, 7) is 4.58. The van der Waals surface area contributed by atoms with Gasteiger partial charge in [-0.1, -0.05) is 88.7 Å². The molecule has 3 aromatic rings. The fourth-order valence-electron chi connectivity index (χ4n) is 3.78. The highest BCUT2D eigenvalue weighted by Crippen LogP contribution is 2.29. The van der Waals surface area contributed by atoms with Gasteiger partial charge in [0.1, 0.15) is 6.04 Å². The lowest BCUT2D eigenvalue weighted by Crippen LogP contribution is -2.47. The number of nitrogens with one attached hydrogen (secondary N) is 1. The summed E-state index contributed by atoms with van der Waals surface area (Å²) in [6.07, 6.45) is 0.286. The van der Waals surface area contributed by atoms with Crippen LogP contribution >= 0.6 is 15.9 Å². The Hall–Kier alpha value is -2.92. The van der Waals surface area contributed by atoms with Crippen molar-refractivity contribution >= 4 is 27.7 Å². The van der Waals surface area contributed by atoms with Crippen LogP contribution in [0.25, 0.3) is 0 Å². The molecular formula is C27H29BrN2O2. The molecule has 5 heteroatoms. The molecule has 0 aliphatic carbocycles. The van der Waals surface area contributed by atoms with Crippen molar-refractivity contribution in [2.45, 2.75) is 38.8 Å². The number of benzene rings is 3. The second-order valence-corrected chi connectivity index (χ2v) is 8.71. The van der Waals surface area contributed by atoms with E-state index >= 15 is 0 Å². The first-order valence-electron chi connectivity index (χ1n) is 10.9. The Morgan fingerprint density at radius 3 is 1.91 bits per heavy atom. The summed E-state index contributed by atoms with van der Waals surface area (Å²) < 4.78 is 0.976. The zero-order chi connectivity index (χ0) is 22.9. The molecule has 0 fully saturated rings. The third-order valence-corrected chi connectivity index (χ3v) is 6.10. The SMILES string of the molecule is CCNC(=O)C(C)N(Cc1ccc(Br)cc1)C(=O)CC(c1ccccc1)c1ccccc1. The fourth-order valence-corrected chi connectivity index (χ4v) is 4.05. The molecule has 1 N–H and O–H groups in total. The van der Waals surface area contributed by atoms with Crippen molar-refractivity contribution in [2.24, 2.45) is 0 Å². The van der Waals surface area contributed by atoms with E-state index in [0.717, 1.165) is 21.2 Å². The molecule has 0 aliphatic rings. The van der Waals surface area contributed by atoms with Gasteiger partial charge in [0.25, 0.3) is 0 Å². The zero-order valence-corrected chi connectivity index (χ0v) is 20.1. The van der Waals surface area contributed by atoms with E-state index in [1.165, 1.54) is 0 Å². The van der Waals surface area contributed by atoms with E-state index in [1.807, 2.05) is 67.6 Å². The summed E-state index contributed by atoms with van der Waals surface area (Å²) in [5, 5.41) is 2.85. The quantitative estimate of drug-likeness (QED) is 0.427. The van der Waals surface area contributed by atoms with Crippen LogP contribution in [0.15, 0.2) is 89.4 Å². The number of hydrogen-bond acceptors (Lipinski definition) is 2. The maximum absolute atomic E-state index is 13.7. The van der Waals surface area contributed by atoms with E-state index in [9.17, 15) is 9.59 Å². The van der Waals surface area contributed by atoms with E-state index in [-0.39, 0.29) is 24.2 Å². The van der Waals surface area contributed by atoms with Crippen LogP contribution < -0.4 is 5.32 Å². The van der Waals surface area contributed by atoms with Gasteiger partial charge in [0.05, 0.1) is 0 Å². The van der Waals surface area contributed by atoms with Crippen molar-refractivity contribution in [3.63, 3.8) is 0 Å².